The van der Waals surface area contributed by atoms with Crippen LogP contribution in [0.3, 0.4) is 0 Å². The van der Waals surface area contributed by atoms with Crippen molar-refractivity contribution < 1.29 is 13.5 Å². The van der Waals surface area contributed by atoms with E-state index in [4.69, 9.17) is 4.74 Å². The highest BCUT2D eigenvalue weighted by molar-refractivity contribution is 9.09. The second kappa shape index (κ2) is 10.4. The van der Waals surface area contributed by atoms with E-state index in [-0.39, 0.29) is 11.7 Å². The normalized spacial score (nSPS) is 21.0. The van der Waals surface area contributed by atoms with Crippen LogP contribution >= 0.6 is 15.9 Å². The van der Waals surface area contributed by atoms with Crippen molar-refractivity contribution in [3.63, 3.8) is 0 Å². The Hall–Kier alpha value is -0.640. The number of rotatable bonds is 9. The second-order valence-corrected chi connectivity index (χ2v) is 7.68. The van der Waals surface area contributed by atoms with Crippen LogP contribution in [0.25, 0.3) is 0 Å². The van der Waals surface area contributed by atoms with E-state index in [2.05, 4.69) is 22.9 Å². The topological polar surface area (TPSA) is 9.23 Å². The first kappa shape index (κ1) is 19.7. The summed E-state index contributed by atoms with van der Waals surface area (Å²) in [6, 6.07) is 3.32. The third-order valence-corrected chi connectivity index (χ3v) is 5.68. The molecular weight excluding hydrogens is 374 g/mol. The molecule has 136 valence electrons. The third-order valence-electron chi connectivity index (χ3n) is 5.11. The number of unbranched alkanes of at least 4 members (excludes halogenated alkanes) is 2. The fraction of sp³-hybridized carbons (Fsp3) is 0.700. The molecule has 1 aromatic carbocycles. The molecule has 0 aromatic heterocycles. The highest BCUT2D eigenvalue weighted by Crippen LogP contribution is 2.40. The van der Waals surface area contributed by atoms with Crippen molar-refractivity contribution in [1.29, 1.82) is 0 Å². The van der Waals surface area contributed by atoms with Crippen LogP contribution in [0.15, 0.2) is 12.1 Å². The molecule has 0 bridgehead atoms. The summed E-state index contributed by atoms with van der Waals surface area (Å²) in [7, 11) is 0. The SMILES string of the molecule is CCCCCC1CCC(c2ccc(OCCCBr)c(F)c2F)CC1. The van der Waals surface area contributed by atoms with Gasteiger partial charge in [0.05, 0.1) is 6.61 Å². The maximum absolute atomic E-state index is 14.4. The number of benzene rings is 1. The monoisotopic (exact) mass is 402 g/mol. The van der Waals surface area contributed by atoms with Crippen molar-refractivity contribution in [3.8, 4) is 5.75 Å². The molecule has 1 fully saturated rings. The Labute approximate surface area is 153 Å². The molecular formula is C20H29BrF2O. The van der Waals surface area contributed by atoms with E-state index in [0.717, 1.165) is 43.4 Å². The Bertz CT molecular complexity index is 499. The largest absolute Gasteiger partial charge is 0.490 e. The summed E-state index contributed by atoms with van der Waals surface area (Å²) in [4.78, 5) is 0. The highest BCUT2D eigenvalue weighted by atomic mass is 79.9. The standard InChI is InChI=1S/C20H29BrF2O/c1-2-3-4-6-15-7-9-16(10-8-15)17-11-12-18(20(23)19(17)22)24-14-5-13-21/h11-12,15-16H,2-10,13-14H2,1H3. The van der Waals surface area contributed by atoms with Crippen molar-refractivity contribution >= 4 is 15.9 Å². The second-order valence-electron chi connectivity index (χ2n) is 6.89. The minimum Gasteiger partial charge on any atom is -0.490 e. The Balaban J connectivity index is 1.92. The van der Waals surface area contributed by atoms with Crippen LogP contribution in [0.4, 0.5) is 8.78 Å². The molecule has 1 aromatic rings. The fourth-order valence-corrected chi connectivity index (χ4v) is 3.88. The van der Waals surface area contributed by atoms with Crippen LogP contribution in [0.1, 0.15) is 76.2 Å². The molecule has 0 atom stereocenters. The summed E-state index contributed by atoms with van der Waals surface area (Å²) in [6.45, 7) is 2.62. The van der Waals surface area contributed by atoms with Gasteiger partial charge in [0.15, 0.2) is 11.6 Å². The first-order valence-corrected chi connectivity index (χ1v) is 10.5. The fourth-order valence-electron chi connectivity index (χ4n) is 3.66. The van der Waals surface area contributed by atoms with Gasteiger partial charge in [-0.2, -0.15) is 4.39 Å². The lowest BCUT2D eigenvalue weighted by atomic mass is 9.77. The predicted molar refractivity (Wildman–Crippen MR) is 99.1 cm³/mol. The van der Waals surface area contributed by atoms with E-state index in [1.807, 2.05) is 0 Å². The summed E-state index contributed by atoms with van der Waals surface area (Å²) < 4.78 is 34.0. The summed E-state index contributed by atoms with van der Waals surface area (Å²) in [6.07, 6.45) is 10.1. The number of alkyl halides is 1. The molecule has 0 saturated heterocycles. The molecule has 24 heavy (non-hydrogen) atoms. The van der Waals surface area contributed by atoms with Crippen molar-refractivity contribution in [2.75, 3.05) is 11.9 Å². The molecule has 0 aliphatic heterocycles. The molecule has 1 aliphatic carbocycles. The lowest BCUT2D eigenvalue weighted by Crippen LogP contribution is -2.15. The average Bonchev–Trinajstić information content (AvgIpc) is 2.60. The van der Waals surface area contributed by atoms with Crippen LogP contribution in [-0.2, 0) is 0 Å². The van der Waals surface area contributed by atoms with E-state index in [0.29, 0.717) is 12.2 Å². The Morgan fingerprint density at radius 3 is 2.46 bits per heavy atom. The molecule has 0 unspecified atom stereocenters. The maximum Gasteiger partial charge on any atom is 0.200 e. The van der Waals surface area contributed by atoms with E-state index in [9.17, 15) is 8.78 Å². The van der Waals surface area contributed by atoms with Gasteiger partial charge < -0.3 is 4.74 Å². The van der Waals surface area contributed by atoms with Crippen LogP contribution < -0.4 is 4.74 Å². The van der Waals surface area contributed by atoms with Gasteiger partial charge in [0, 0.05) is 5.33 Å². The first-order chi connectivity index (χ1) is 11.7. The number of hydrogen-bond acceptors (Lipinski definition) is 1. The molecule has 0 N–H and O–H groups in total. The minimum absolute atomic E-state index is 0.0328. The van der Waals surface area contributed by atoms with Crippen molar-refractivity contribution in [3.05, 3.63) is 29.3 Å². The van der Waals surface area contributed by atoms with Gasteiger partial charge in [-0.3, -0.25) is 0 Å². The molecule has 0 radical (unpaired) electrons. The van der Waals surface area contributed by atoms with Gasteiger partial charge >= 0.3 is 0 Å². The van der Waals surface area contributed by atoms with Gasteiger partial charge in [-0.15, -0.1) is 0 Å². The Morgan fingerprint density at radius 2 is 1.79 bits per heavy atom. The van der Waals surface area contributed by atoms with Gasteiger partial charge in [0.1, 0.15) is 0 Å². The summed E-state index contributed by atoms with van der Waals surface area (Å²) in [5.74, 6) is -0.579. The van der Waals surface area contributed by atoms with E-state index < -0.39 is 11.6 Å². The minimum atomic E-state index is -0.827. The quantitative estimate of drug-likeness (QED) is 0.319. The third kappa shape index (κ3) is 5.44. The van der Waals surface area contributed by atoms with Crippen LogP contribution in [0, 0.1) is 17.6 Å². The number of ether oxygens (including phenoxy) is 1. The van der Waals surface area contributed by atoms with E-state index in [1.54, 1.807) is 12.1 Å². The van der Waals surface area contributed by atoms with Gasteiger partial charge in [-0.05, 0) is 55.6 Å². The molecule has 4 heteroatoms. The van der Waals surface area contributed by atoms with Crippen molar-refractivity contribution in [2.24, 2.45) is 5.92 Å². The Morgan fingerprint density at radius 1 is 1.04 bits per heavy atom. The zero-order chi connectivity index (χ0) is 17.4. The van der Waals surface area contributed by atoms with Crippen LogP contribution in [-0.4, -0.2) is 11.9 Å². The molecule has 1 saturated carbocycles. The van der Waals surface area contributed by atoms with E-state index >= 15 is 0 Å². The summed E-state index contributed by atoms with van der Waals surface area (Å²) >= 11 is 3.30. The van der Waals surface area contributed by atoms with Crippen molar-refractivity contribution in [1.82, 2.24) is 0 Å². The number of hydrogen-bond donors (Lipinski definition) is 0. The van der Waals surface area contributed by atoms with E-state index in [1.165, 1.54) is 25.7 Å². The highest BCUT2D eigenvalue weighted by Gasteiger charge is 2.26. The maximum atomic E-state index is 14.4. The molecule has 0 spiro atoms. The average molecular weight is 403 g/mol. The smallest absolute Gasteiger partial charge is 0.200 e. The molecule has 2 rings (SSSR count). The first-order valence-electron chi connectivity index (χ1n) is 9.34. The van der Waals surface area contributed by atoms with Crippen molar-refractivity contribution in [2.45, 2.75) is 70.6 Å². The summed E-state index contributed by atoms with van der Waals surface area (Å²) in [5, 5.41) is 0.788. The molecule has 0 amide bonds. The lowest BCUT2D eigenvalue weighted by Gasteiger charge is -2.29. The summed E-state index contributed by atoms with van der Waals surface area (Å²) in [5.41, 5.74) is 0.535. The van der Waals surface area contributed by atoms with Gasteiger partial charge in [-0.25, -0.2) is 4.39 Å². The van der Waals surface area contributed by atoms with Crippen LogP contribution in [0.5, 0.6) is 5.75 Å². The molecule has 1 nitrogen and oxygen atoms in total. The van der Waals surface area contributed by atoms with Crippen LogP contribution in [0.2, 0.25) is 0 Å². The molecule has 1 aliphatic rings. The lowest BCUT2D eigenvalue weighted by molar-refractivity contribution is 0.286. The van der Waals surface area contributed by atoms with Gasteiger partial charge in [-0.1, -0.05) is 54.6 Å². The molecule has 0 heterocycles. The Kier molecular flexibility index (Phi) is 8.51. The predicted octanol–water partition coefficient (Wildman–Crippen LogP) is 6.98. The van der Waals surface area contributed by atoms with Gasteiger partial charge in [0.25, 0.3) is 0 Å². The zero-order valence-corrected chi connectivity index (χ0v) is 16.2. The number of halogens is 3. The zero-order valence-electron chi connectivity index (χ0n) is 14.6. The van der Waals surface area contributed by atoms with Gasteiger partial charge in [0.2, 0.25) is 5.82 Å².